The zero-order valence-electron chi connectivity index (χ0n) is 12.9. The van der Waals surface area contributed by atoms with E-state index in [1.165, 1.54) is 7.11 Å². The quantitative estimate of drug-likeness (QED) is 0.809. The van der Waals surface area contributed by atoms with Crippen LogP contribution in [0.1, 0.15) is 0 Å². The lowest BCUT2D eigenvalue weighted by Crippen LogP contribution is -2.51. The van der Waals surface area contributed by atoms with Gasteiger partial charge in [-0.3, -0.25) is 4.79 Å². The number of aliphatic hydroxyl groups excluding tert-OH is 1. The average Bonchev–Trinajstić information content (AvgIpc) is 2.60. The van der Waals surface area contributed by atoms with Crippen molar-refractivity contribution in [3.63, 3.8) is 0 Å². The van der Waals surface area contributed by atoms with Crippen LogP contribution in [-0.4, -0.2) is 62.8 Å². The van der Waals surface area contributed by atoms with Crippen LogP contribution in [0.4, 0.5) is 0 Å². The predicted octanol–water partition coefficient (Wildman–Crippen LogP) is -0.0351. The van der Waals surface area contributed by atoms with Gasteiger partial charge in [-0.1, -0.05) is 12.1 Å². The smallest absolute Gasteiger partial charge is 0.264 e. The maximum atomic E-state index is 12.2. The van der Waals surface area contributed by atoms with Crippen LogP contribution in [0.3, 0.4) is 0 Å². The number of aliphatic hydroxyl groups is 1. The van der Waals surface area contributed by atoms with Crippen molar-refractivity contribution in [1.29, 1.82) is 0 Å². The first kappa shape index (κ1) is 16.0. The summed E-state index contributed by atoms with van der Waals surface area (Å²) in [6.45, 7) is 1.19. The van der Waals surface area contributed by atoms with Gasteiger partial charge in [0.25, 0.3) is 5.91 Å². The summed E-state index contributed by atoms with van der Waals surface area (Å²) in [5.41, 5.74) is 0. The lowest BCUT2D eigenvalue weighted by Gasteiger charge is -2.34. The number of benzene rings is 1. The molecule has 1 unspecified atom stereocenters. The van der Waals surface area contributed by atoms with Crippen molar-refractivity contribution in [2.24, 2.45) is 5.92 Å². The van der Waals surface area contributed by atoms with Gasteiger partial charge in [0.05, 0.1) is 19.3 Å². The van der Waals surface area contributed by atoms with Crippen molar-refractivity contribution in [3.05, 3.63) is 24.3 Å². The van der Waals surface area contributed by atoms with Crippen molar-refractivity contribution in [2.45, 2.75) is 18.3 Å². The first-order valence-electron chi connectivity index (χ1n) is 7.64. The molecule has 3 rings (SSSR count). The zero-order chi connectivity index (χ0) is 16.2. The van der Waals surface area contributed by atoms with Gasteiger partial charge in [-0.25, -0.2) is 0 Å². The number of amides is 1. The molecule has 0 bridgehead atoms. The molecule has 1 aromatic rings. The minimum Gasteiger partial charge on any atom is -0.485 e. The van der Waals surface area contributed by atoms with E-state index in [1.54, 1.807) is 12.1 Å². The minimum atomic E-state index is -0.704. The Balaban J connectivity index is 1.52. The third-order valence-electron chi connectivity index (χ3n) is 4.12. The van der Waals surface area contributed by atoms with E-state index in [0.29, 0.717) is 31.3 Å². The number of nitrogens with one attached hydrogen (secondary N) is 1. The molecule has 4 atom stereocenters. The van der Waals surface area contributed by atoms with Crippen molar-refractivity contribution in [2.75, 3.05) is 33.5 Å². The molecule has 1 amide bonds. The zero-order valence-corrected chi connectivity index (χ0v) is 12.9. The Morgan fingerprint density at radius 2 is 2.09 bits per heavy atom. The van der Waals surface area contributed by atoms with Crippen LogP contribution in [-0.2, 0) is 14.3 Å². The molecule has 0 radical (unpaired) electrons. The second-order valence-electron chi connectivity index (χ2n) is 5.67. The van der Waals surface area contributed by atoms with Crippen LogP contribution < -0.4 is 14.8 Å². The Bertz CT molecular complexity index is 551. The molecule has 0 saturated carbocycles. The third kappa shape index (κ3) is 3.57. The number of methoxy groups -OCH3 is 1. The lowest BCUT2D eigenvalue weighted by atomic mass is 9.96. The molecule has 7 heteroatoms. The number of carbonyl (C=O) groups is 1. The third-order valence-corrected chi connectivity index (χ3v) is 4.12. The van der Waals surface area contributed by atoms with E-state index >= 15 is 0 Å². The molecule has 7 nitrogen and oxygen atoms in total. The van der Waals surface area contributed by atoms with Crippen LogP contribution in [0.2, 0.25) is 0 Å². The van der Waals surface area contributed by atoms with E-state index in [4.69, 9.17) is 18.9 Å². The van der Waals surface area contributed by atoms with Crippen LogP contribution in [0.25, 0.3) is 0 Å². The average molecular weight is 323 g/mol. The molecule has 0 spiro atoms. The second-order valence-corrected chi connectivity index (χ2v) is 5.67. The van der Waals surface area contributed by atoms with Crippen LogP contribution >= 0.6 is 0 Å². The van der Waals surface area contributed by atoms with Crippen molar-refractivity contribution in [3.8, 4) is 11.5 Å². The predicted molar refractivity (Wildman–Crippen MR) is 80.5 cm³/mol. The monoisotopic (exact) mass is 323 g/mol. The molecule has 1 fully saturated rings. The number of para-hydroxylation sites is 2. The normalized spacial score (nSPS) is 29.8. The van der Waals surface area contributed by atoms with Gasteiger partial charge in [-0.2, -0.15) is 0 Å². The summed E-state index contributed by atoms with van der Waals surface area (Å²) in [7, 11) is 1.53. The Labute approximate surface area is 134 Å². The van der Waals surface area contributed by atoms with Crippen molar-refractivity contribution < 1.29 is 28.8 Å². The molecule has 2 N–H and O–H groups in total. The highest BCUT2D eigenvalue weighted by molar-refractivity contribution is 5.81. The van der Waals surface area contributed by atoms with Crippen LogP contribution in [0.15, 0.2) is 24.3 Å². The number of hydrogen-bond acceptors (Lipinski definition) is 6. The molecule has 1 aromatic carbocycles. The number of fused-ring (bicyclic) bond motifs is 1. The number of hydrogen-bond donors (Lipinski definition) is 2. The van der Waals surface area contributed by atoms with E-state index in [1.807, 2.05) is 12.1 Å². The second kappa shape index (κ2) is 7.16. The van der Waals surface area contributed by atoms with E-state index < -0.39 is 12.2 Å². The summed E-state index contributed by atoms with van der Waals surface area (Å²) in [5.74, 6) is 0.704. The lowest BCUT2D eigenvalue weighted by molar-refractivity contribution is -0.139. The van der Waals surface area contributed by atoms with Crippen LogP contribution in [0.5, 0.6) is 11.5 Å². The Hall–Kier alpha value is -1.83. The van der Waals surface area contributed by atoms with Gasteiger partial charge in [-0.05, 0) is 12.1 Å². The van der Waals surface area contributed by atoms with Crippen molar-refractivity contribution in [1.82, 2.24) is 5.32 Å². The first-order valence-corrected chi connectivity index (χ1v) is 7.64. The largest absolute Gasteiger partial charge is 0.485 e. The molecule has 126 valence electrons. The number of ether oxygens (including phenoxy) is 4. The molecule has 2 heterocycles. The molecular weight excluding hydrogens is 302 g/mol. The van der Waals surface area contributed by atoms with Crippen molar-refractivity contribution >= 4 is 5.91 Å². The highest BCUT2D eigenvalue weighted by Gasteiger charge is 2.34. The summed E-state index contributed by atoms with van der Waals surface area (Å²) < 4.78 is 21.7. The van der Waals surface area contributed by atoms with Gasteiger partial charge < -0.3 is 29.4 Å². The first-order chi connectivity index (χ1) is 11.2. The van der Waals surface area contributed by atoms with Gasteiger partial charge >= 0.3 is 0 Å². The Morgan fingerprint density at radius 3 is 2.87 bits per heavy atom. The highest BCUT2D eigenvalue weighted by atomic mass is 16.6. The summed E-state index contributed by atoms with van der Waals surface area (Å²) in [5, 5.41) is 13.0. The summed E-state index contributed by atoms with van der Waals surface area (Å²) in [6, 6.07) is 7.23. The molecule has 23 heavy (non-hydrogen) atoms. The molecule has 1 saturated heterocycles. The van der Waals surface area contributed by atoms with Gasteiger partial charge in [0.2, 0.25) is 6.10 Å². The van der Waals surface area contributed by atoms with E-state index in [9.17, 15) is 9.90 Å². The maximum Gasteiger partial charge on any atom is 0.264 e. The minimum absolute atomic E-state index is 0.160. The fourth-order valence-electron chi connectivity index (χ4n) is 2.72. The Morgan fingerprint density at radius 1 is 1.30 bits per heavy atom. The van der Waals surface area contributed by atoms with E-state index in [0.717, 1.165) is 0 Å². The fraction of sp³-hybridized carbons (Fsp3) is 0.562. The summed E-state index contributed by atoms with van der Waals surface area (Å²) in [6.07, 6.45) is -1.74. The highest BCUT2D eigenvalue weighted by Crippen LogP contribution is 2.30. The fourth-order valence-corrected chi connectivity index (χ4v) is 2.72. The topological polar surface area (TPSA) is 86.3 Å². The standard InChI is InChI=1S/C16H21NO6/c1-20-13-8-21-7-10(15(13)18)6-17-16(19)14-9-22-11-4-2-3-5-12(11)23-14/h2-5,10,13-15,18H,6-9H2,1H3,(H,17,19)/t10-,13-,14?,15+/m1/s1. The number of carbonyl (C=O) groups excluding carboxylic acids is 1. The van der Waals surface area contributed by atoms with E-state index in [2.05, 4.69) is 5.32 Å². The molecule has 2 aliphatic rings. The SMILES string of the molecule is CO[C@@H]1COC[C@@H](CNC(=O)C2COc3ccccc3O2)[C@@H]1O. The van der Waals surface area contributed by atoms with Gasteiger partial charge in [0.15, 0.2) is 11.5 Å². The molecular formula is C16H21NO6. The van der Waals surface area contributed by atoms with Gasteiger partial charge in [-0.15, -0.1) is 0 Å². The Kier molecular flexibility index (Phi) is 5.00. The number of rotatable bonds is 4. The molecule has 2 aliphatic heterocycles. The van der Waals surface area contributed by atoms with Crippen LogP contribution in [0, 0.1) is 5.92 Å². The summed E-state index contributed by atoms with van der Waals surface area (Å²) in [4.78, 5) is 12.2. The summed E-state index contributed by atoms with van der Waals surface area (Å²) >= 11 is 0. The van der Waals surface area contributed by atoms with E-state index in [-0.39, 0.29) is 24.5 Å². The molecule has 0 aliphatic carbocycles. The molecule has 0 aromatic heterocycles. The van der Waals surface area contributed by atoms with Gasteiger partial charge in [0.1, 0.15) is 12.7 Å². The van der Waals surface area contributed by atoms with Gasteiger partial charge in [0, 0.05) is 19.6 Å². The maximum absolute atomic E-state index is 12.2.